The van der Waals surface area contributed by atoms with Crippen LogP contribution in [0, 0.1) is 11.8 Å². The summed E-state index contributed by atoms with van der Waals surface area (Å²) in [5.74, 6) is 1.61. The average molecular weight is 231 g/mol. The molecule has 2 N–H and O–H groups in total. The molecule has 1 aliphatic carbocycles. The Morgan fingerprint density at radius 1 is 1.06 bits per heavy atom. The zero-order chi connectivity index (χ0) is 12.5. The lowest BCUT2D eigenvalue weighted by molar-refractivity contribution is 0.183. The van der Waals surface area contributed by atoms with Crippen LogP contribution >= 0.6 is 0 Å². The molecule has 0 radical (unpaired) electrons. The van der Waals surface area contributed by atoms with E-state index in [1.807, 2.05) is 0 Å². The van der Waals surface area contributed by atoms with Gasteiger partial charge in [0.25, 0.3) is 0 Å². The SMILES string of the molecule is CC(C)(C)c1ccc(CC2CCC2CN)cc1. The fourth-order valence-electron chi connectivity index (χ4n) is 2.66. The van der Waals surface area contributed by atoms with Gasteiger partial charge in [0, 0.05) is 0 Å². The second kappa shape index (κ2) is 4.81. The highest BCUT2D eigenvalue weighted by Gasteiger charge is 2.29. The van der Waals surface area contributed by atoms with Crippen molar-refractivity contribution in [2.24, 2.45) is 17.6 Å². The third kappa shape index (κ3) is 2.90. The van der Waals surface area contributed by atoms with Crippen LogP contribution in [0.1, 0.15) is 44.7 Å². The number of nitrogens with two attached hydrogens (primary N) is 1. The summed E-state index contributed by atoms with van der Waals surface area (Å²) in [6.45, 7) is 7.65. The third-order valence-electron chi connectivity index (χ3n) is 4.20. The van der Waals surface area contributed by atoms with Crippen LogP contribution in [0.4, 0.5) is 0 Å². The van der Waals surface area contributed by atoms with Crippen LogP contribution in [0.2, 0.25) is 0 Å². The highest BCUT2D eigenvalue weighted by molar-refractivity contribution is 5.28. The van der Waals surface area contributed by atoms with E-state index < -0.39 is 0 Å². The molecule has 1 nitrogen and oxygen atoms in total. The Morgan fingerprint density at radius 3 is 2.06 bits per heavy atom. The molecule has 94 valence electrons. The van der Waals surface area contributed by atoms with E-state index in [-0.39, 0.29) is 5.41 Å². The molecule has 2 rings (SSSR count). The zero-order valence-electron chi connectivity index (χ0n) is 11.4. The molecule has 1 aromatic rings. The molecular formula is C16H25N. The maximum Gasteiger partial charge on any atom is -0.00461 e. The Labute approximate surface area is 105 Å². The number of benzene rings is 1. The van der Waals surface area contributed by atoms with Gasteiger partial charge in [-0.15, -0.1) is 0 Å². The van der Waals surface area contributed by atoms with Crippen molar-refractivity contribution >= 4 is 0 Å². The molecule has 1 heteroatoms. The highest BCUT2D eigenvalue weighted by Crippen LogP contribution is 2.36. The summed E-state index contributed by atoms with van der Waals surface area (Å²) < 4.78 is 0. The first-order valence-electron chi connectivity index (χ1n) is 6.80. The zero-order valence-corrected chi connectivity index (χ0v) is 11.4. The third-order valence-corrected chi connectivity index (χ3v) is 4.20. The molecule has 0 aromatic heterocycles. The van der Waals surface area contributed by atoms with E-state index in [9.17, 15) is 0 Å². The summed E-state index contributed by atoms with van der Waals surface area (Å²) in [4.78, 5) is 0. The Hall–Kier alpha value is -0.820. The number of hydrogen-bond donors (Lipinski definition) is 1. The monoisotopic (exact) mass is 231 g/mol. The van der Waals surface area contributed by atoms with E-state index in [1.165, 1.54) is 30.4 Å². The maximum atomic E-state index is 5.76. The molecule has 0 spiro atoms. The molecule has 0 amide bonds. The fourth-order valence-corrected chi connectivity index (χ4v) is 2.66. The van der Waals surface area contributed by atoms with Gasteiger partial charge in [0.05, 0.1) is 0 Å². The van der Waals surface area contributed by atoms with Crippen molar-refractivity contribution < 1.29 is 0 Å². The van der Waals surface area contributed by atoms with Crippen molar-refractivity contribution in [2.75, 3.05) is 6.54 Å². The summed E-state index contributed by atoms with van der Waals surface area (Å²) in [6.07, 6.45) is 3.91. The smallest absolute Gasteiger partial charge is 0.00461 e. The molecule has 17 heavy (non-hydrogen) atoms. The molecular weight excluding hydrogens is 206 g/mol. The first kappa shape index (κ1) is 12.6. The van der Waals surface area contributed by atoms with Crippen molar-refractivity contribution in [1.29, 1.82) is 0 Å². The van der Waals surface area contributed by atoms with Gasteiger partial charge in [-0.1, -0.05) is 45.0 Å². The topological polar surface area (TPSA) is 26.0 Å². The highest BCUT2D eigenvalue weighted by atomic mass is 14.6. The van der Waals surface area contributed by atoms with Gasteiger partial charge in [-0.2, -0.15) is 0 Å². The molecule has 0 saturated heterocycles. The lowest BCUT2D eigenvalue weighted by Gasteiger charge is -2.36. The maximum absolute atomic E-state index is 5.76. The summed E-state index contributed by atoms with van der Waals surface area (Å²) in [5, 5.41) is 0. The second-order valence-corrected chi connectivity index (χ2v) is 6.48. The first-order chi connectivity index (χ1) is 8.00. The van der Waals surface area contributed by atoms with Crippen LogP contribution in [0.15, 0.2) is 24.3 Å². The van der Waals surface area contributed by atoms with Crippen molar-refractivity contribution in [3.63, 3.8) is 0 Å². The van der Waals surface area contributed by atoms with E-state index in [4.69, 9.17) is 5.73 Å². The van der Waals surface area contributed by atoms with Gasteiger partial charge >= 0.3 is 0 Å². The van der Waals surface area contributed by atoms with Crippen LogP contribution in [-0.2, 0) is 11.8 Å². The van der Waals surface area contributed by atoms with Gasteiger partial charge in [0.2, 0.25) is 0 Å². The Balaban J connectivity index is 1.99. The first-order valence-corrected chi connectivity index (χ1v) is 6.80. The quantitative estimate of drug-likeness (QED) is 0.846. The van der Waals surface area contributed by atoms with Gasteiger partial charge in [0.1, 0.15) is 0 Å². The molecule has 2 atom stereocenters. The molecule has 0 aliphatic heterocycles. The average Bonchev–Trinajstić information content (AvgIpc) is 2.24. The molecule has 2 unspecified atom stereocenters. The summed E-state index contributed by atoms with van der Waals surface area (Å²) in [5.41, 5.74) is 8.91. The van der Waals surface area contributed by atoms with E-state index in [0.29, 0.717) is 0 Å². The van der Waals surface area contributed by atoms with Crippen LogP contribution in [0.3, 0.4) is 0 Å². The molecule has 0 bridgehead atoms. The van der Waals surface area contributed by atoms with E-state index in [2.05, 4.69) is 45.0 Å². The van der Waals surface area contributed by atoms with Crippen molar-refractivity contribution in [2.45, 2.75) is 45.4 Å². The predicted molar refractivity (Wildman–Crippen MR) is 74.1 cm³/mol. The van der Waals surface area contributed by atoms with Crippen LogP contribution in [0.5, 0.6) is 0 Å². The lowest BCUT2D eigenvalue weighted by atomic mass is 9.71. The van der Waals surface area contributed by atoms with Gasteiger partial charge in [-0.3, -0.25) is 0 Å². The van der Waals surface area contributed by atoms with Gasteiger partial charge in [-0.05, 0) is 54.2 Å². The van der Waals surface area contributed by atoms with Crippen LogP contribution < -0.4 is 5.73 Å². The van der Waals surface area contributed by atoms with Crippen molar-refractivity contribution in [1.82, 2.24) is 0 Å². The number of hydrogen-bond acceptors (Lipinski definition) is 1. The second-order valence-electron chi connectivity index (χ2n) is 6.48. The predicted octanol–water partition coefficient (Wildman–Crippen LogP) is 3.51. The molecule has 1 aliphatic rings. The Morgan fingerprint density at radius 2 is 1.65 bits per heavy atom. The van der Waals surface area contributed by atoms with Crippen LogP contribution in [-0.4, -0.2) is 6.54 Å². The van der Waals surface area contributed by atoms with E-state index in [1.54, 1.807) is 0 Å². The normalized spacial score (nSPS) is 24.5. The van der Waals surface area contributed by atoms with Gasteiger partial charge in [-0.25, -0.2) is 0 Å². The number of rotatable bonds is 3. The molecule has 0 heterocycles. The largest absolute Gasteiger partial charge is 0.330 e. The summed E-state index contributed by atoms with van der Waals surface area (Å²) in [7, 11) is 0. The lowest BCUT2D eigenvalue weighted by Crippen LogP contribution is -2.33. The van der Waals surface area contributed by atoms with Crippen molar-refractivity contribution in [3.05, 3.63) is 35.4 Å². The minimum absolute atomic E-state index is 0.259. The molecule has 1 fully saturated rings. The van der Waals surface area contributed by atoms with Gasteiger partial charge < -0.3 is 5.73 Å². The standard InChI is InChI=1S/C16H25N/c1-16(2,3)15-8-4-12(5-9-15)10-13-6-7-14(13)11-17/h4-5,8-9,13-14H,6-7,10-11,17H2,1-3H3. The van der Waals surface area contributed by atoms with E-state index in [0.717, 1.165) is 18.4 Å². The van der Waals surface area contributed by atoms with Crippen LogP contribution in [0.25, 0.3) is 0 Å². The minimum atomic E-state index is 0.259. The van der Waals surface area contributed by atoms with E-state index >= 15 is 0 Å². The minimum Gasteiger partial charge on any atom is -0.330 e. The Kier molecular flexibility index (Phi) is 3.58. The summed E-state index contributed by atoms with van der Waals surface area (Å²) in [6, 6.07) is 9.16. The molecule has 1 saturated carbocycles. The Bertz CT molecular complexity index is 356. The van der Waals surface area contributed by atoms with Gasteiger partial charge in [0.15, 0.2) is 0 Å². The summed E-state index contributed by atoms with van der Waals surface area (Å²) >= 11 is 0. The molecule has 1 aromatic carbocycles. The van der Waals surface area contributed by atoms with Crippen molar-refractivity contribution in [3.8, 4) is 0 Å². The fraction of sp³-hybridized carbons (Fsp3) is 0.625.